The van der Waals surface area contributed by atoms with E-state index in [2.05, 4.69) is 33.4 Å². The van der Waals surface area contributed by atoms with Gasteiger partial charge in [0.15, 0.2) is 0 Å². The van der Waals surface area contributed by atoms with Crippen molar-refractivity contribution in [2.45, 2.75) is 38.6 Å². The average molecular weight is 295 g/mol. The van der Waals surface area contributed by atoms with E-state index in [0.717, 1.165) is 33.2 Å². The van der Waals surface area contributed by atoms with E-state index in [-0.39, 0.29) is 0 Å². The molecule has 2 bridgehead atoms. The predicted molar refractivity (Wildman–Crippen MR) is 76.2 cm³/mol. The highest BCUT2D eigenvalue weighted by atomic mass is 79.9. The first-order valence-corrected chi connectivity index (χ1v) is 7.25. The molecule has 2 aliphatic carbocycles. The van der Waals surface area contributed by atoms with Crippen molar-refractivity contribution in [3.8, 4) is 0 Å². The molecule has 2 fully saturated rings. The number of rotatable bonds is 2. The molecule has 2 aliphatic rings. The molecular weight excluding hydrogens is 276 g/mol. The molecule has 0 radical (unpaired) electrons. The average Bonchev–Trinajstić information content (AvgIpc) is 2.87. The number of nitrogens with one attached hydrogen (secondary N) is 1. The summed E-state index contributed by atoms with van der Waals surface area (Å²) in [6.07, 6.45) is 5.61. The minimum absolute atomic E-state index is 0.659. The monoisotopic (exact) mass is 294 g/mol. The van der Waals surface area contributed by atoms with E-state index in [0.29, 0.717) is 6.04 Å². The molecule has 92 valence electrons. The summed E-state index contributed by atoms with van der Waals surface area (Å²) >= 11 is 3.62. The van der Waals surface area contributed by atoms with Gasteiger partial charge in [-0.1, -0.05) is 6.42 Å². The highest BCUT2D eigenvalue weighted by Gasteiger charge is 2.39. The van der Waals surface area contributed by atoms with E-state index < -0.39 is 0 Å². The van der Waals surface area contributed by atoms with Crippen LogP contribution in [0.2, 0.25) is 0 Å². The zero-order valence-electron chi connectivity index (χ0n) is 10.2. The SMILES string of the molecule is Cc1cc(Br)c(NC2CC3CCC2C3)cc1N. The highest BCUT2D eigenvalue weighted by molar-refractivity contribution is 9.10. The van der Waals surface area contributed by atoms with Crippen molar-refractivity contribution >= 4 is 27.3 Å². The van der Waals surface area contributed by atoms with Crippen LogP contribution in [0.3, 0.4) is 0 Å². The van der Waals surface area contributed by atoms with Crippen molar-refractivity contribution in [2.75, 3.05) is 11.1 Å². The van der Waals surface area contributed by atoms with Gasteiger partial charge in [0.25, 0.3) is 0 Å². The van der Waals surface area contributed by atoms with Gasteiger partial charge < -0.3 is 11.1 Å². The van der Waals surface area contributed by atoms with Crippen LogP contribution in [-0.4, -0.2) is 6.04 Å². The number of nitrogen functional groups attached to an aromatic ring is 1. The molecule has 2 nitrogen and oxygen atoms in total. The number of nitrogens with two attached hydrogens (primary N) is 1. The maximum Gasteiger partial charge on any atom is 0.0507 e. The maximum absolute atomic E-state index is 5.98. The van der Waals surface area contributed by atoms with Gasteiger partial charge in [0.1, 0.15) is 0 Å². The van der Waals surface area contributed by atoms with Gasteiger partial charge >= 0.3 is 0 Å². The van der Waals surface area contributed by atoms with Gasteiger partial charge in [-0.3, -0.25) is 0 Å². The van der Waals surface area contributed by atoms with Crippen LogP contribution >= 0.6 is 15.9 Å². The van der Waals surface area contributed by atoms with Gasteiger partial charge in [0.2, 0.25) is 0 Å². The van der Waals surface area contributed by atoms with Crippen LogP contribution in [0.15, 0.2) is 16.6 Å². The van der Waals surface area contributed by atoms with Crippen LogP contribution in [0, 0.1) is 18.8 Å². The number of halogens is 1. The summed E-state index contributed by atoms with van der Waals surface area (Å²) in [7, 11) is 0. The Balaban J connectivity index is 1.79. The Morgan fingerprint density at radius 3 is 2.76 bits per heavy atom. The number of benzene rings is 1. The summed E-state index contributed by atoms with van der Waals surface area (Å²) in [5, 5.41) is 3.68. The molecule has 3 unspecified atom stereocenters. The third-order valence-electron chi connectivity index (χ3n) is 4.43. The van der Waals surface area contributed by atoms with Gasteiger partial charge in [-0.15, -0.1) is 0 Å². The molecular formula is C14H19BrN2. The quantitative estimate of drug-likeness (QED) is 0.811. The molecule has 0 amide bonds. The van der Waals surface area contributed by atoms with Crippen molar-refractivity contribution in [3.63, 3.8) is 0 Å². The molecule has 3 heteroatoms. The van der Waals surface area contributed by atoms with Gasteiger partial charge in [-0.2, -0.15) is 0 Å². The van der Waals surface area contributed by atoms with Crippen LogP contribution < -0.4 is 11.1 Å². The molecule has 3 rings (SSSR count). The molecule has 3 atom stereocenters. The second-order valence-electron chi connectivity index (χ2n) is 5.61. The van der Waals surface area contributed by atoms with Gasteiger partial charge in [-0.25, -0.2) is 0 Å². The maximum atomic E-state index is 5.98. The molecule has 0 spiro atoms. The lowest BCUT2D eigenvalue weighted by atomic mass is 9.95. The van der Waals surface area contributed by atoms with Gasteiger partial charge in [0.05, 0.1) is 5.69 Å². The number of hydrogen-bond donors (Lipinski definition) is 2. The second kappa shape index (κ2) is 4.20. The number of aryl methyl sites for hydroxylation is 1. The van der Waals surface area contributed by atoms with E-state index in [9.17, 15) is 0 Å². The molecule has 0 heterocycles. The third kappa shape index (κ3) is 2.05. The standard InChI is InChI=1S/C14H19BrN2/c1-8-4-11(15)14(7-12(8)16)17-13-6-9-2-3-10(13)5-9/h4,7,9-10,13,17H,2-3,5-6,16H2,1H3. The predicted octanol–water partition coefficient (Wildman–Crippen LogP) is 3.94. The van der Waals surface area contributed by atoms with E-state index in [1.165, 1.54) is 25.7 Å². The van der Waals surface area contributed by atoms with Gasteiger partial charge in [0, 0.05) is 16.2 Å². The summed E-state index contributed by atoms with van der Waals surface area (Å²) in [5.74, 6) is 1.86. The third-order valence-corrected chi connectivity index (χ3v) is 5.09. The van der Waals surface area contributed by atoms with Crippen molar-refractivity contribution in [1.82, 2.24) is 0 Å². The summed E-state index contributed by atoms with van der Waals surface area (Å²) in [6.45, 7) is 2.04. The van der Waals surface area contributed by atoms with Crippen LogP contribution in [0.4, 0.5) is 11.4 Å². The van der Waals surface area contributed by atoms with Gasteiger partial charge in [-0.05, 0) is 71.6 Å². The van der Waals surface area contributed by atoms with Crippen molar-refractivity contribution < 1.29 is 0 Å². The second-order valence-corrected chi connectivity index (χ2v) is 6.47. The summed E-state index contributed by atoms with van der Waals surface area (Å²) in [6, 6.07) is 4.82. The normalized spacial score (nSPS) is 30.8. The summed E-state index contributed by atoms with van der Waals surface area (Å²) < 4.78 is 1.13. The van der Waals surface area contributed by atoms with Crippen molar-refractivity contribution in [2.24, 2.45) is 11.8 Å². The first-order chi connectivity index (χ1) is 8.13. The zero-order chi connectivity index (χ0) is 12.0. The molecule has 0 saturated heterocycles. The Morgan fingerprint density at radius 2 is 2.12 bits per heavy atom. The lowest BCUT2D eigenvalue weighted by Gasteiger charge is -2.25. The van der Waals surface area contributed by atoms with Crippen LogP contribution in [0.1, 0.15) is 31.2 Å². The van der Waals surface area contributed by atoms with Crippen LogP contribution in [0.5, 0.6) is 0 Å². The van der Waals surface area contributed by atoms with Crippen molar-refractivity contribution in [1.29, 1.82) is 0 Å². The number of fused-ring (bicyclic) bond motifs is 2. The van der Waals surface area contributed by atoms with E-state index in [1.807, 2.05) is 6.92 Å². The number of anilines is 2. The zero-order valence-corrected chi connectivity index (χ0v) is 11.8. The Kier molecular flexibility index (Phi) is 2.81. The molecule has 0 aliphatic heterocycles. The summed E-state index contributed by atoms with van der Waals surface area (Å²) in [4.78, 5) is 0. The first kappa shape index (κ1) is 11.4. The lowest BCUT2D eigenvalue weighted by Crippen LogP contribution is -2.26. The molecule has 1 aromatic carbocycles. The molecule has 0 aromatic heterocycles. The van der Waals surface area contributed by atoms with Crippen molar-refractivity contribution in [3.05, 3.63) is 22.2 Å². The molecule has 3 N–H and O–H groups in total. The lowest BCUT2D eigenvalue weighted by molar-refractivity contribution is 0.439. The fourth-order valence-corrected chi connectivity index (χ4v) is 3.99. The fourth-order valence-electron chi connectivity index (χ4n) is 3.42. The molecule has 17 heavy (non-hydrogen) atoms. The van der Waals surface area contributed by atoms with E-state index >= 15 is 0 Å². The largest absolute Gasteiger partial charge is 0.398 e. The molecule has 2 saturated carbocycles. The Bertz CT molecular complexity index is 444. The fraction of sp³-hybridized carbons (Fsp3) is 0.571. The molecule has 1 aromatic rings. The Hall–Kier alpha value is -0.700. The summed E-state index contributed by atoms with van der Waals surface area (Å²) in [5.41, 5.74) is 9.15. The highest BCUT2D eigenvalue weighted by Crippen LogP contribution is 2.46. The Labute approximate surface area is 111 Å². The first-order valence-electron chi connectivity index (χ1n) is 6.45. The smallest absolute Gasteiger partial charge is 0.0507 e. The van der Waals surface area contributed by atoms with Crippen LogP contribution in [0.25, 0.3) is 0 Å². The Morgan fingerprint density at radius 1 is 1.29 bits per heavy atom. The number of hydrogen-bond acceptors (Lipinski definition) is 2. The topological polar surface area (TPSA) is 38.0 Å². The van der Waals surface area contributed by atoms with E-state index in [4.69, 9.17) is 5.73 Å². The van der Waals surface area contributed by atoms with E-state index in [1.54, 1.807) is 0 Å². The minimum Gasteiger partial charge on any atom is -0.398 e. The minimum atomic E-state index is 0.659. The van der Waals surface area contributed by atoms with Crippen LogP contribution in [-0.2, 0) is 0 Å².